The van der Waals surface area contributed by atoms with E-state index in [9.17, 15) is 26.3 Å². The van der Waals surface area contributed by atoms with Crippen LogP contribution in [0.2, 0.25) is 0 Å². The van der Waals surface area contributed by atoms with Crippen molar-refractivity contribution < 1.29 is 46.1 Å². The standard InChI is InChI=1S/C21H30N4.2C2HF3O2/c1-23(2)19-8-9-21(18-7-5-4-6-17(18)19)10-13-25(14-11-21)16-20-22-12-15-24(20)3;2*3-2(4,5)1(6)7/h4-7,12,15,19H,8-11,13-14,16H2,1-3H3;2*(H,6,7). The number of piperidine rings is 1. The Morgan fingerprint density at radius 3 is 1.95 bits per heavy atom. The summed E-state index contributed by atoms with van der Waals surface area (Å²) in [6.45, 7) is 3.32. The summed E-state index contributed by atoms with van der Waals surface area (Å²) in [5.41, 5.74) is 3.58. The largest absolute Gasteiger partial charge is 0.490 e. The zero-order valence-electron chi connectivity index (χ0n) is 21.8. The van der Waals surface area contributed by atoms with Crippen LogP contribution in [-0.4, -0.2) is 81.0 Å². The van der Waals surface area contributed by atoms with Gasteiger partial charge in [-0.2, -0.15) is 26.3 Å². The van der Waals surface area contributed by atoms with E-state index in [0.29, 0.717) is 11.5 Å². The molecule has 0 amide bonds. The van der Waals surface area contributed by atoms with Gasteiger partial charge in [0.25, 0.3) is 0 Å². The molecule has 2 N–H and O–H groups in total. The van der Waals surface area contributed by atoms with Gasteiger partial charge in [0, 0.05) is 25.5 Å². The molecule has 1 atom stereocenters. The summed E-state index contributed by atoms with van der Waals surface area (Å²) >= 11 is 0. The van der Waals surface area contributed by atoms with Crippen LogP contribution in [-0.2, 0) is 28.6 Å². The lowest BCUT2D eigenvalue weighted by molar-refractivity contribution is -0.193. The normalized spacial score (nSPS) is 18.9. The van der Waals surface area contributed by atoms with Crippen LogP contribution >= 0.6 is 0 Å². The maximum Gasteiger partial charge on any atom is 0.490 e. The second-order valence-corrected chi connectivity index (χ2v) is 9.72. The fourth-order valence-corrected chi connectivity index (χ4v) is 4.92. The number of hydrogen-bond donors (Lipinski definition) is 2. The van der Waals surface area contributed by atoms with E-state index < -0.39 is 24.3 Å². The maximum atomic E-state index is 10.6. The van der Waals surface area contributed by atoms with E-state index in [2.05, 4.69) is 64.8 Å². The lowest BCUT2D eigenvalue weighted by atomic mass is 9.63. The quantitative estimate of drug-likeness (QED) is 0.524. The lowest BCUT2D eigenvalue weighted by Gasteiger charge is -2.48. The number of nitrogens with zero attached hydrogens (tertiary/aromatic N) is 4. The predicted octanol–water partition coefficient (Wildman–Crippen LogP) is 4.62. The smallest absolute Gasteiger partial charge is 0.475 e. The summed E-state index contributed by atoms with van der Waals surface area (Å²) < 4.78 is 65.6. The molecule has 14 heteroatoms. The van der Waals surface area contributed by atoms with Gasteiger partial charge in [-0.05, 0) is 69.4 Å². The zero-order chi connectivity index (χ0) is 29.6. The monoisotopic (exact) mass is 566 g/mol. The third-order valence-corrected chi connectivity index (χ3v) is 6.99. The molecular weight excluding hydrogens is 534 g/mol. The van der Waals surface area contributed by atoms with E-state index in [-0.39, 0.29) is 0 Å². The molecule has 1 spiro atoms. The van der Waals surface area contributed by atoms with Gasteiger partial charge in [0.1, 0.15) is 5.82 Å². The predicted molar refractivity (Wildman–Crippen MR) is 129 cm³/mol. The number of hydrogen-bond acceptors (Lipinski definition) is 5. The number of fused-ring (bicyclic) bond motifs is 2. The van der Waals surface area contributed by atoms with Crippen LogP contribution in [0.15, 0.2) is 36.7 Å². The minimum Gasteiger partial charge on any atom is -0.475 e. The number of likely N-dealkylation sites (tertiary alicyclic amines) is 1. The number of aliphatic carboxylic acids is 2. The van der Waals surface area contributed by atoms with Crippen LogP contribution < -0.4 is 0 Å². The molecule has 0 saturated carbocycles. The molecule has 1 aliphatic carbocycles. The average molecular weight is 567 g/mol. The fourth-order valence-electron chi connectivity index (χ4n) is 4.92. The second-order valence-electron chi connectivity index (χ2n) is 9.72. The van der Waals surface area contributed by atoms with Gasteiger partial charge in [0.15, 0.2) is 0 Å². The number of imidazole rings is 1. The third-order valence-electron chi connectivity index (χ3n) is 6.99. The Bertz CT molecular complexity index is 1080. The van der Waals surface area contributed by atoms with Crippen molar-refractivity contribution in [3.8, 4) is 0 Å². The van der Waals surface area contributed by atoms with Crippen molar-refractivity contribution in [1.82, 2.24) is 19.4 Å². The molecule has 0 radical (unpaired) electrons. The molecule has 39 heavy (non-hydrogen) atoms. The number of aryl methyl sites for hydroxylation is 1. The van der Waals surface area contributed by atoms with Gasteiger partial charge in [-0.25, -0.2) is 14.6 Å². The van der Waals surface area contributed by atoms with Crippen molar-refractivity contribution in [2.45, 2.75) is 56.0 Å². The van der Waals surface area contributed by atoms with Gasteiger partial charge in [0.2, 0.25) is 0 Å². The van der Waals surface area contributed by atoms with Gasteiger partial charge >= 0.3 is 24.3 Å². The van der Waals surface area contributed by atoms with Gasteiger partial charge in [0.05, 0.1) is 6.54 Å². The number of halogens is 6. The molecule has 2 aliphatic rings. The van der Waals surface area contributed by atoms with E-state index in [4.69, 9.17) is 19.8 Å². The molecule has 8 nitrogen and oxygen atoms in total. The second kappa shape index (κ2) is 12.8. The highest BCUT2D eigenvalue weighted by molar-refractivity contribution is 5.73. The Morgan fingerprint density at radius 2 is 1.51 bits per heavy atom. The van der Waals surface area contributed by atoms with Crippen LogP contribution in [0.3, 0.4) is 0 Å². The summed E-state index contributed by atoms with van der Waals surface area (Å²) in [6.07, 6.45) is -1.07. The molecule has 1 aromatic heterocycles. The topological polar surface area (TPSA) is 98.9 Å². The minimum absolute atomic E-state index is 0.390. The van der Waals surface area contributed by atoms with Crippen molar-refractivity contribution in [2.75, 3.05) is 27.2 Å². The SMILES string of the molecule is CN(C)C1CCC2(CCN(Cc3nccn3C)CC2)c2ccccc21.O=C(O)C(F)(F)F.O=C(O)C(F)(F)F. The molecule has 2 heterocycles. The maximum absolute atomic E-state index is 10.6. The highest BCUT2D eigenvalue weighted by Gasteiger charge is 2.42. The van der Waals surface area contributed by atoms with Gasteiger partial charge in [-0.1, -0.05) is 24.3 Å². The molecule has 1 saturated heterocycles. The van der Waals surface area contributed by atoms with Gasteiger partial charge < -0.3 is 19.7 Å². The molecule has 218 valence electrons. The van der Waals surface area contributed by atoms with Gasteiger partial charge in [-0.15, -0.1) is 0 Å². The Morgan fingerprint density at radius 1 is 1.00 bits per heavy atom. The first-order valence-corrected chi connectivity index (χ1v) is 12.0. The molecular formula is C25H32F6N4O4. The molecule has 1 unspecified atom stereocenters. The molecule has 2 aromatic rings. The van der Waals surface area contributed by atoms with E-state index in [1.807, 2.05) is 12.4 Å². The van der Waals surface area contributed by atoms with E-state index >= 15 is 0 Å². The summed E-state index contributed by atoms with van der Waals surface area (Å²) in [4.78, 5) is 27.3. The molecule has 4 rings (SSSR count). The fraction of sp³-hybridized carbons (Fsp3) is 0.560. The number of carboxylic acid groups (broad SMARTS) is 2. The minimum atomic E-state index is -5.08. The van der Waals surface area contributed by atoms with Crippen molar-refractivity contribution in [1.29, 1.82) is 0 Å². The van der Waals surface area contributed by atoms with Crippen molar-refractivity contribution in [3.63, 3.8) is 0 Å². The number of alkyl halides is 6. The zero-order valence-corrected chi connectivity index (χ0v) is 21.8. The highest BCUT2D eigenvalue weighted by Crippen LogP contribution is 2.49. The number of benzene rings is 1. The van der Waals surface area contributed by atoms with Crippen LogP contribution in [0.25, 0.3) is 0 Å². The van der Waals surface area contributed by atoms with Crippen LogP contribution in [0.4, 0.5) is 26.3 Å². The first kappa shape index (κ1) is 32.1. The number of carboxylic acids is 2. The Kier molecular flexibility index (Phi) is 10.5. The Balaban J connectivity index is 0.000000317. The van der Waals surface area contributed by atoms with E-state index in [1.54, 1.807) is 11.1 Å². The van der Waals surface area contributed by atoms with Crippen LogP contribution in [0, 0.1) is 0 Å². The lowest BCUT2D eigenvalue weighted by Crippen LogP contribution is -2.45. The van der Waals surface area contributed by atoms with E-state index in [1.165, 1.54) is 44.6 Å². The number of aromatic nitrogens is 2. The van der Waals surface area contributed by atoms with Crippen LogP contribution in [0.5, 0.6) is 0 Å². The van der Waals surface area contributed by atoms with Crippen molar-refractivity contribution in [2.24, 2.45) is 7.05 Å². The average Bonchev–Trinajstić information content (AvgIpc) is 3.24. The summed E-state index contributed by atoms with van der Waals surface area (Å²) in [7, 11) is 6.52. The number of carbonyl (C=O) groups is 2. The van der Waals surface area contributed by atoms with Crippen molar-refractivity contribution >= 4 is 11.9 Å². The molecule has 0 bridgehead atoms. The molecule has 1 fully saturated rings. The Labute approximate surface area is 221 Å². The van der Waals surface area contributed by atoms with Crippen LogP contribution in [0.1, 0.15) is 48.7 Å². The first-order chi connectivity index (χ1) is 18.0. The Hall–Kier alpha value is -3.13. The third kappa shape index (κ3) is 8.68. The molecule has 1 aliphatic heterocycles. The summed E-state index contributed by atoms with van der Waals surface area (Å²) in [5.74, 6) is -4.34. The summed E-state index contributed by atoms with van der Waals surface area (Å²) in [5, 5.41) is 14.2. The molecule has 1 aromatic carbocycles. The van der Waals surface area contributed by atoms with E-state index in [0.717, 1.165) is 6.54 Å². The first-order valence-electron chi connectivity index (χ1n) is 12.0. The van der Waals surface area contributed by atoms with Crippen molar-refractivity contribution in [3.05, 3.63) is 53.6 Å². The summed E-state index contributed by atoms with van der Waals surface area (Å²) in [6, 6.07) is 9.79. The van der Waals surface area contributed by atoms with Gasteiger partial charge in [-0.3, -0.25) is 4.90 Å². The number of rotatable bonds is 3. The highest BCUT2D eigenvalue weighted by atomic mass is 19.4.